The summed E-state index contributed by atoms with van der Waals surface area (Å²) in [6.45, 7) is 0.257. The predicted molar refractivity (Wildman–Crippen MR) is 88.1 cm³/mol. The van der Waals surface area contributed by atoms with Gasteiger partial charge in [-0.1, -0.05) is 12.1 Å². The number of nitrogens with one attached hydrogen (secondary N) is 3. The van der Waals surface area contributed by atoms with Crippen LogP contribution in [-0.4, -0.2) is 28.9 Å². The number of rotatable bonds is 4. The Morgan fingerprint density at radius 3 is 2.88 bits per heavy atom. The lowest BCUT2D eigenvalue weighted by Crippen LogP contribution is -2.26. The second kappa shape index (κ2) is 6.15. The van der Waals surface area contributed by atoms with E-state index in [1.807, 2.05) is 35.9 Å². The zero-order chi connectivity index (χ0) is 17.3. The molecule has 0 saturated carbocycles. The Kier molecular flexibility index (Phi) is 4.03. The second-order valence-electron chi connectivity index (χ2n) is 5.46. The summed E-state index contributed by atoms with van der Waals surface area (Å²) in [7, 11) is 3.43. The number of amides is 2. The van der Waals surface area contributed by atoms with E-state index in [1.165, 1.54) is 7.05 Å². The van der Waals surface area contributed by atoms with Crippen LogP contribution in [0, 0.1) is 0 Å². The van der Waals surface area contributed by atoms with Crippen LogP contribution in [0.5, 0.6) is 0 Å². The summed E-state index contributed by atoms with van der Waals surface area (Å²) in [6.07, 6.45) is 1.05. The topological polar surface area (TPSA) is 105 Å². The number of hydrogen-bond donors (Lipinski definition) is 4. The summed E-state index contributed by atoms with van der Waals surface area (Å²) in [5.41, 5.74) is 7.41. The monoisotopic (exact) mass is 330 g/mol. The lowest BCUT2D eigenvalue weighted by atomic mass is 10.1. The third kappa shape index (κ3) is 2.73. The van der Waals surface area contributed by atoms with Gasteiger partial charge in [0, 0.05) is 31.5 Å². The predicted octanol–water partition coefficient (Wildman–Crippen LogP) is 1.70. The molecular formula is C16H18N4O4. The third-order valence-corrected chi connectivity index (χ3v) is 4.04. The van der Waals surface area contributed by atoms with Crippen LogP contribution >= 0.6 is 0 Å². The summed E-state index contributed by atoms with van der Waals surface area (Å²) in [5, 5.41) is 14.5. The highest BCUT2D eigenvalue weighted by Crippen LogP contribution is 2.35. The molecule has 4 N–H and O–H groups in total. The van der Waals surface area contributed by atoms with Crippen molar-refractivity contribution in [2.45, 2.75) is 13.0 Å². The van der Waals surface area contributed by atoms with Gasteiger partial charge in [0.15, 0.2) is 0 Å². The number of aryl methyl sites for hydroxylation is 1. The molecule has 1 aliphatic carbocycles. The normalized spacial score (nSPS) is 12.5. The van der Waals surface area contributed by atoms with Crippen LogP contribution in [0.4, 0.5) is 9.59 Å². The van der Waals surface area contributed by atoms with E-state index in [9.17, 15) is 9.59 Å². The summed E-state index contributed by atoms with van der Waals surface area (Å²) in [5.74, 6) is 0. The highest BCUT2D eigenvalue weighted by Gasteiger charge is 2.23. The Hall–Kier alpha value is -3.16. The smallest absolute Gasteiger partial charge is 0.431 e. The number of aromatic nitrogens is 1. The van der Waals surface area contributed by atoms with Gasteiger partial charge in [-0.25, -0.2) is 15.1 Å². The van der Waals surface area contributed by atoms with Gasteiger partial charge in [-0.3, -0.25) is 0 Å². The Balaban J connectivity index is 1.90. The minimum absolute atomic E-state index is 0.257. The van der Waals surface area contributed by atoms with E-state index in [1.54, 1.807) is 0 Å². The van der Waals surface area contributed by atoms with Gasteiger partial charge in [-0.2, -0.15) is 0 Å². The first-order chi connectivity index (χ1) is 11.5. The number of carboxylic acid groups (broad SMARTS) is 1. The van der Waals surface area contributed by atoms with Gasteiger partial charge in [0.1, 0.15) is 0 Å². The van der Waals surface area contributed by atoms with Crippen LogP contribution in [-0.2, 0) is 24.9 Å². The molecule has 0 fully saturated rings. The van der Waals surface area contributed by atoms with Crippen molar-refractivity contribution in [2.75, 3.05) is 7.05 Å². The van der Waals surface area contributed by atoms with Crippen molar-refractivity contribution in [1.82, 2.24) is 20.7 Å². The van der Waals surface area contributed by atoms with Crippen molar-refractivity contribution >= 4 is 28.8 Å². The number of allylic oxidation sites excluding steroid dienone is 1. The molecule has 0 aliphatic heterocycles. The largest absolute Gasteiger partial charge is 0.465 e. The fraction of sp³-hybridized carbons (Fsp3) is 0.250. The van der Waals surface area contributed by atoms with Crippen LogP contribution in [0.15, 0.2) is 24.3 Å². The average Bonchev–Trinajstić information content (AvgIpc) is 3.11. The summed E-state index contributed by atoms with van der Waals surface area (Å²) >= 11 is 0. The highest BCUT2D eigenvalue weighted by atomic mass is 16.7. The molecule has 0 atom stereocenters. The standard InChI is InChI=1S/C16H18N4O4/c1-17-16(23)24-19-12-5-4-10-11-7-9(8-18-15(21)22)3-6-13(11)20(2)14(10)12/h3,5-7,18-19H,4,8H2,1-2H3,(H,17,23)(H,21,22). The summed E-state index contributed by atoms with van der Waals surface area (Å²) < 4.78 is 2.03. The molecule has 24 heavy (non-hydrogen) atoms. The van der Waals surface area contributed by atoms with Crippen molar-refractivity contribution in [3.8, 4) is 0 Å². The minimum Gasteiger partial charge on any atom is -0.465 e. The van der Waals surface area contributed by atoms with Crippen LogP contribution in [0.25, 0.3) is 16.6 Å². The van der Waals surface area contributed by atoms with E-state index in [0.717, 1.165) is 33.4 Å². The number of carbonyl (C=O) groups excluding carboxylic acids is 1. The molecule has 8 nitrogen and oxygen atoms in total. The zero-order valence-corrected chi connectivity index (χ0v) is 13.3. The molecule has 0 unspecified atom stereocenters. The van der Waals surface area contributed by atoms with Crippen molar-refractivity contribution in [1.29, 1.82) is 0 Å². The van der Waals surface area contributed by atoms with Gasteiger partial charge in [0.05, 0.1) is 11.4 Å². The van der Waals surface area contributed by atoms with Gasteiger partial charge >= 0.3 is 12.2 Å². The van der Waals surface area contributed by atoms with E-state index >= 15 is 0 Å². The highest BCUT2D eigenvalue weighted by molar-refractivity contribution is 5.92. The second-order valence-corrected chi connectivity index (χ2v) is 5.46. The van der Waals surface area contributed by atoms with E-state index in [0.29, 0.717) is 6.42 Å². The van der Waals surface area contributed by atoms with E-state index in [4.69, 9.17) is 9.94 Å². The lowest BCUT2D eigenvalue weighted by molar-refractivity contribution is 0.118. The molecule has 1 aromatic heterocycles. The van der Waals surface area contributed by atoms with Gasteiger partial charge < -0.3 is 25.1 Å². The number of fused-ring (bicyclic) bond motifs is 3. The molecule has 0 bridgehead atoms. The van der Waals surface area contributed by atoms with Crippen molar-refractivity contribution < 1.29 is 19.5 Å². The molecule has 3 rings (SSSR count). The first-order valence-electron chi connectivity index (χ1n) is 7.43. The Bertz CT molecular complexity index is 853. The molecule has 0 radical (unpaired) electrons. The molecule has 2 amide bonds. The zero-order valence-electron chi connectivity index (χ0n) is 13.3. The Morgan fingerprint density at radius 1 is 1.38 bits per heavy atom. The molecule has 126 valence electrons. The van der Waals surface area contributed by atoms with Crippen molar-refractivity contribution in [2.24, 2.45) is 7.05 Å². The van der Waals surface area contributed by atoms with Crippen LogP contribution in [0.2, 0.25) is 0 Å². The van der Waals surface area contributed by atoms with Gasteiger partial charge in [-0.05, 0) is 29.7 Å². The minimum atomic E-state index is -1.05. The molecule has 1 aromatic carbocycles. The van der Waals surface area contributed by atoms with E-state index in [-0.39, 0.29) is 6.54 Å². The maximum atomic E-state index is 11.2. The molecule has 1 aliphatic rings. The van der Waals surface area contributed by atoms with E-state index < -0.39 is 12.2 Å². The summed E-state index contributed by atoms with van der Waals surface area (Å²) in [4.78, 5) is 26.8. The molecule has 8 heteroatoms. The fourth-order valence-electron chi connectivity index (χ4n) is 2.95. The summed E-state index contributed by atoms with van der Waals surface area (Å²) in [6, 6.07) is 5.84. The number of hydrogen-bond acceptors (Lipinski definition) is 4. The van der Waals surface area contributed by atoms with Crippen molar-refractivity contribution in [3.63, 3.8) is 0 Å². The fourth-order valence-corrected chi connectivity index (χ4v) is 2.95. The molecule has 1 heterocycles. The molecule has 0 saturated heterocycles. The molecule has 0 spiro atoms. The van der Waals surface area contributed by atoms with E-state index in [2.05, 4.69) is 16.1 Å². The van der Waals surface area contributed by atoms with Gasteiger partial charge in [-0.15, -0.1) is 0 Å². The third-order valence-electron chi connectivity index (χ3n) is 4.04. The molecular weight excluding hydrogens is 312 g/mol. The van der Waals surface area contributed by atoms with Crippen LogP contribution in [0.1, 0.15) is 16.8 Å². The Labute approximate surface area is 138 Å². The van der Waals surface area contributed by atoms with Gasteiger partial charge in [0.25, 0.3) is 0 Å². The van der Waals surface area contributed by atoms with Crippen molar-refractivity contribution in [3.05, 3.63) is 41.1 Å². The van der Waals surface area contributed by atoms with Crippen LogP contribution in [0.3, 0.4) is 0 Å². The number of hydroxylamine groups is 1. The molecule has 2 aromatic rings. The number of benzene rings is 1. The first-order valence-corrected chi connectivity index (χ1v) is 7.43. The SMILES string of the molecule is CNC(=O)ONC1=CCc2c1n(C)c1ccc(CNC(=O)O)cc21. The maximum absolute atomic E-state index is 11.2. The number of nitrogens with zero attached hydrogens (tertiary/aromatic N) is 1. The first kappa shape index (κ1) is 15.7. The average molecular weight is 330 g/mol. The van der Waals surface area contributed by atoms with Gasteiger partial charge in [0.2, 0.25) is 0 Å². The Morgan fingerprint density at radius 2 is 2.17 bits per heavy atom. The lowest BCUT2D eigenvalue weighted by Gasteiger charge is -2.10. The van der Waals surface area contributed by atoms with Crippen LogP contribution < -0.4 is 16.1 Å². The quantitative estimate of drug-likeness (QED) is 0.639. The maximum Gasteiger partial charge on any atom is 0.431 e. The number of carbonyl (C=O) groups is 2.